The van der Waals surface area contributed by atoms with Crippen molar-refractivity contribution in [3.8, 4) is 17.4 Å². The van der Waals surface area contributed by atoms with Crippen LogP contribution in [0.25, 0.3) is 22.0 Å². The first kappa shape index (κ1) is 17.8. The summed E-state index contributed by atoms with van der Waals surface area (Å²) in [5.74, 6) is 0.0495. The second kappa shape index (κ2) is 6.22. The fourth-order valence-electron chi connectivity index (χ4n) is 5.33. The van der Waals surface area contributed by atoms with Gasteiger partial charge in [-0.1, -0.05) is 54.6 Å². The van der Waals surface area contributed by atoms with Crippen molar-refractivity contribution in [2.45, 2.75) is 18.3 Å². The molecule has 2 unspecified atom stereocenters. The summed E-state index contributed by atoms with van der Waals surface area (Å²) in [6.45, 7) is 0. The topological polar surface area (TPSA) is 88.5 Å². The number of aromatic hydroxyl groups is 2. The molecule has 0 saturated heterocycles. The lowest BCUT2D eigenvalue weighted by atomic mass is 9.89. The van der Waals surface area contributed by atoms with Crippen LogP contribution < -0.4 is 0 Å². The number of non-ortho nitro benzene ring substituents is 1. The van der Waals surface area contributed by atoms with E-state index in [0.717, 1.165) is 23.1 Å². The molecule has 6 rings (SSSR count). The van der Waals surface area contributed by atoms with Crippen LogP contribution in [-0.4, -0.2) is 19.7 Å². The van der Waals surface area contributed by atoms with Gasteiger partial charge in [-0.05, 0) is 29.7 Å². The first-order valence-corrected chi connectivity index (χ1v) is 10.2. The van der Waals surface area contributed by atoms with E-state index in [4.69, 9.17) is 0 Å². The summed E-state index contributed by atoms with van der Waals surface area (Å²) in [6, 6.07) is 20.1. The number of aromatic nitrogens is 1. The molecule has 6 nitrogen and oxygen atoms in total. The highest BCUT2D eigenvalue weighted by molar-refractivity contribution is 5.97. The average molecular weight is 410 g/mol. The third-order valence-electron chi connectivity index (χ3n) is 6.58. The molecule has 2 aliphatic carbocycles. The molecule has 0 fully saturated rings. The van der Waals surface area contributed by atoms with Crippen LogP contribution in [0.1, 0.15) is 34.9 Å². The van der Waals surface area contributed by atoms with Crippen LogP contribution in [0.5, 0.6) is 11.8 Å². The van der Waals surface area contributed by atoms with Crippen molar-refractivity contribution in [1.29, 1.82) is 0 Å². The van der Waals surface area contributed by atoms with Crippen LogP contribution in [0.2, 0.25) is 0 Å². The minimum Gasteiger partial charge on any atom is -0.494 e. The third kappa shape index (κ3) is 2.33. The molecule has 31 heavy (non-hydrogen) atoms. The first-order chi connectivity index (χ1) is 15.1. The van der Waals surface area contributed by atoms with Gasteiger partial charge in [0.25, 0.3) is 5.69 Å². The Balaban J connectivity index is 1.55. The van der Waals surface area contributed by atoms with Crippen LogP contribution >= 0.6 is 0 Å². The highest BCUT2D eigenvalue weighted by Crippen LogP contribution is 2.62. The van der Waals surface area contributed by atoms with Gasteiger partial charge in [0, 0.05) is 34.4 Å². The van der Waals surface area contributed by atoms with Crippen molar-refractivity contribution < 1.29 is 15.1 Å². The summed E-state index contributed by atoms with van der Waals surface area (Å²) in [4.78, 5) is 11.0. The maximum Gasteiger partial charge on any atom is 0.277 e. The minimum atomic E-state index is -0.419. The average Bonchev–Trinajstić information content (AvgIpc) is 3.45. The second-order valence-corrected chi connectivity index (χ2v) is 8.10. The number of hydrogen-bond donors (Lipinski definition) is 2. The van der Waals surface area contributed by atoms with Gasteiger partial charge in [0.05, 0.1) is 16.0 Å². The van der Waals surface area contributed by atoms with Crippen molar-refractivity contribution in [3.05, 3.63) is 99.6 Å². The molecule has 0 amide bonds. The molecule has 0 aliphatic heterocycles. The first-order valence-electron chi connectivity index (χ1n) is 10.2. The lowest BCUT2D eigenvalue weighted by Crippen LogP contribution is -1.99. The standard InChI is InChI=1S/C25H18N2O4/c28-24-22-15-12-18(14-6-2-1-3-7-14)19(13-15)23(22)25(29)26(24)20-10-11-21(27(30)31)17-9-5-4-8-16(17)20/h1-12,15,19,28-29H,13H2. The normalized spacial score (nSPS) is 18.9. The van der Waals surface area contributed by atoms with Gasteiger partial charge in [-0.3, -0.25) is 14.7 Å². The second-order valence-electron chi connectivity index (χ2n) is 8.10. The van der Waals surface area contributed by atoms with Crippen LogP contribution in [0.4, 0.5) is 5.69 Å². The van der Waals surface area contributed by atoms with Crippen LogP contribution in [-0.2, 0) is 0 Å². The van der Waals surface area contributed by atoms with Gasteiger partial charge in [-0.25, -0.2) is 0 Å². The van der Waals surface area contributed by atoms with Gasteiger partial charge in [0.15, 0.2) is 0 Å². The van der Waals surface area contributed by atoms with Crippen molar-refractivity contribution >= 4 is 22.0 Å². The number of nitro benzene ring substituents is 1. The van der Waals surface area contributed by atoms with E-state index >= 15 is 0 Å². The zero-order valence-corrected chi connectivity index (χ0v) is 16.4. The van der Waals surface area contributed by atoms with Crippen LogP contribution in [0.15, 0.2) is 72.8 Å². The number of fused-ring (bicyclic) bond motifs is 6. The molecule has 6 heteroatoms. The van der Waals surface area contributed by atoms with E-state index in [0.29, 0.717) is 16.5 Å². The van der Waals surface area contributed by atoms with Gasteiger partial charge < -0.3 is 10.2 Å². The molecule has 2 bridgehead atoms. The Morgan fingerprint density at radius 3 is 2.29 bits per heavy atom. The van der Waals surface area contributed by atoms with E-state index in [1.165, 1.54) is 16.2 Å². The van der Waals surface area contributed by atoms with E-state index < -0.39 is 4.92 Å². The highest BCUT2D eigenvalue weighted by atomic mass is 16.6. The van der Waals surface area contributed by atoms with Crippen molar-refractivity contribution in [3.63, 3.8) is 0 Å². The molecule has 2 aliphatic rings. The molecule has 3 aromatic carbocycles. The van der Waals surface area contributed by atoms with Gasteiger partial charge in [-0.2, -0.15) is 0 Å². The number of allylic oxidation sites excluding steroid dienone is 2. The Hall–Kier alpha value is -4.06. The predicted molar refractivity (Wildman–Crippen MR) is 118 cm³/mol. The van der Waals surface area contributed by atoms with Crippen molar-refractivity contribution in [2.75, 3.05) is 0 Å². The number of nitro groups is 1. The molecule has 2 atom stereocenters. The summed E-state index contributed by atoms with van der Waals surface area (Å²) >= 11 is 0. The van der Waals surface area contributed by atoms with Crippen molar-refractivity contribution in [2.24, 2.45) is 0 Å². The molecule has 152 valence electrons. The molecule has 4 aromatic rings. The Morgan fingerprint density at radius 1 is 0.871 bits per heavy atom. The smallest absolute Gasteiger partial charge is 0.277 e. The largest absolute Gasteiger partial charge is 0.494 e. The van der Waals surface area contributed by atoms with E-state index in [-0.39, 0.29) is 29.3 Å². The molecular formula is C25H18N2O4. The van der Waals surface area contributed by atoms with E-state index in [1.54, 1.807) is 30.3 Å². The maximum absolute atomic E-state index is 11.5. The summed E-state index contributed by atoms with van der Waals surface area (Å²) < 4.78 is 1.43. The molecule has 0 saturated carbocycles. The number of hydrogen-bond acceptors (Lipinski definition) is 4. The van der Waals surface area contributed by atoms with Crippen molar-refractivity contribution in [1.82, 2.24) is 4.57 Å². The van der Waals surface area contributed by atoms with E-state index in [9.17, 15) is 20.3 Å². The zero-order chi connectivity index (χ0) is 21.3. The van der Waals surface area contributed by atoms with Gasteiger partial charge >= 0.3 is 0 Å². The SMILES string of the molecule is O=[N+]([O-])c1ccc(-n2c(O)c3c(c2O)C2CC3C=C2c2ccccc2)c2ccccc12. The van der Waals surface area contributed by atoms with Crippen LogP contribution in [0.3, 0.4) is 0 Å². The van der Waals surface area contributed by atoms with Gasteiger partial charge in [0.1, 0.15) is 0 Å². The Morgan fingerprint density at radius 2 is 1.55 bits per heavy atom. The fraction of sp³-hybridized carbons (Fsp3) is 0.120. The Kier molecular flexibility index (Phi) is 3.56. The summed E-state index contributed by atoms with van der Waals surface area (Å²) in [5.41, 5.74) is 4.31. The zero-order valence-electron chi connectivity index (χ0n) is 16.4. The monoisotopic (exact) mass is 410 g/mol. The Labute approximate surface area is 177 Å². The van der Waals surface area contributed by atoms with Crippen LogP contribution in [0, 0.1) is 10.1 Å². The lowest BCUT2D eigenvalue weighted by Gasteiger charge is -2.15. The quantitative estimate of drug-likeness (QED) is 0.339. The minimum absolute atomic E-state index is 0.000497. The molecule has 1 heterocycles. The number of rotatable bonds is 3. The summed E-state index contributed by atoms with van der Waals surface area (Å²) in [5, 5.41) is 34.9. The number of nitrogens with zero attached hydrogens (tertiary/aromatic N) is 2. The Bertz CT molecular complexity index is 1420. The molecule has 0 radical (unpaired) electrons. The van der Waals surface area contributed by atoms with Gasteiger partial charge in [0.2, 0.25) is 11.8 Å². The predicted octanol–water partition coefficient (Wildman–Crippen LogP) is 5.62. The highest BCUT2D eigenvalue weighted by Gasteiger charge is 2.45. The van der Waals surface area contributed by atoms with Gasteiger partial charge in [-0.15, -0.1) is 0 Å². The summed E-state index contributed by atoms with van der Waals surface area (Å²) in [6.07, 6.45) is 3.01. The maximum atomic E-state index is 11.5. The molecular weight excluding hydrogens is 392 g/mol. The molecule has 1 aromatic heterocycles. The molecule has 2 N–H and O–H groups in total. The van der Waals surface area contributed by atoms with E-state index in [2.05, 4.69) is 18.2 Å². The summed E-state index contributed by atoms with van der Waals surface area (Å²) in [7, 11) is 0. The van der Waals surface area contributed by atoms with E-state index in [1.807, 2.05) is 18.2 Å². The molecule has 0 spiro atoms. The third-order valence-corrected chi connectivity index (χ3v) is 6.58. The number of benzene rings is 3. The lowest BCUT2D eigenvalue weighted by molar-refractivity contribution is -0.383. The fourth-order valence-corrected chi connectivity index (χ4v) is 5.33.